The molecule has 0 spiro atoms. The Balaban J connectivity index is 2.14. The molecule has 6 nitrogen and oxygen atoms in total. The number of nitro benzene ring substituents is 1. The average Bonchev–Trinajstić information content (AvgIpc) is 2.98. The number of hydrogen-bond acceptors (Lipinski definition) is 4. The van der Waals surface area contributed by atoms with Gasteiger partial charge in [0.15, 0.2) is 0 Å². The number of benzene rings is 2. The number of hydrogen-bond donors (Lipinski definition) is 0. The van der Waals surface area contributed by atoms with Gasteiger partial charge >= 0.3 is 0 Å². The molecule has 3 rings (SSSR count). The van der Waals surface area contributed by atoms with Crippen LogP contribution < -0.4 is 0 Å². The first-order valence-electron chi connectivity index (χ1n) is 7.45. The van der Waals surface area contributed by atoms with Crippen LogP contribution in [0.15, 0.2) is 54.7 Å². The molecule has 0 saturated carbocycles. The molecule has 1 heterocycles. The van der Waals surface area contributed by atoms with Gasteiger partial charge in [0, 0.05) is 34.8 Å². The van der Waals surface area contributed by atoms with Crippen molar-refractivity contribution >= 4 is 28.2 Å². The summed E-state index contributed by atoms with van der Waals surface area (Å²) in [6, 6.07) is 17.8. The third-order valence-electron chi connectivity index (χ3n) is 3.85. The standard InChI is InChI=1S/C19H12N4O2/c20-8-9-22-13-16(18-6-1-2-7-19(18)22)10-15(12-21)14-4-3-5-17(11-14)23(24)25/h1-7,10-11,13H,9H2. The van der Waals surface area contributed by atoms with Crippen LogP contribution in [0.2, 0.25) is 0 Å². The molecule has 0 aliphatic heterocycles. The average molecular weight is 328 g/mol. The molecule has 0 atom stereocenters. The molecule has 0 fully saturated rings. The van der Waals surface area contributed by atoms with Crippen molar-refractivity contribution < 1.29 is 4.92 Å². The molecule has 2 aromatic carbocycles. The van der Waals surface area contributed by atoms with Gasteiger partial charge in [0.25, 0.3) is 5.69 Å². The van der Waals surface area contributed by atoms with Gasteiger partial charge in [0.05, 0.1) is 22.6 Å². The quantitative estimate of drug-likeness (QED) is 0.408. The number of allylic oxidation sites excluding steroid dienone is 1. The third kappa shape index (κ3) is 3.10. The SMILES string of the molecule is N#CCn1cc(C=C(C#N)c2cccc([N+](=O)[O-])c2)c2ccccc21. The van der Waals surface area contributed by atoms with Crippen LogP contribution in [0.4, 0.5) is 5.69 Å². The van der Waals surface area contributed by atoms with E-state index in [1.807, 2.05) is 35.0 Å². The Morgan fingerprint density at radius 2 is 2.00 bits per heavy atom. The van der Waals surface area contributed by atoms with Gasteiger partial charge in [-0.1, -0.05) is 30.3 Å². The molecule has 120 valence electrons. The summed E-state index contributed by atoms with van der Waals surface area (Å²) in [5, 5.41) is 30.3. The molecule has 0 aliphatic rings. The number of para-hydroxylation sites is 1. The van der Waals surface area contributed by atoms with Crippen molar-refractivity contribution in [2.75, 3.05) is 0 Å². The number of non-ortho nitro benzene ring substituents is 1. The van der Waals surface area contributed by atoms with Crippen LogP contribution in [0.25, 0.3) is 22.6 Å². The normalized spacial score (nSPS) is 11.0. The maximum atomic E-state index is 10.9. The molecular weight excluding hydrogens is 316 g/mol. The van der Waals surface area contributed by atoms with Gasteiger partial charge in [0.2, 0.25) is 0 Å². The Morgan fingerprint density at radius 1 is 1.20 bits per heavy atom. The molecule has 0 amide bonds. The first-order chi connectivity index (χ1) is 12.1. The predicted molar refractivity (Wildman–Crippen MR) is 94.1 cm³/mol. The fourth-order valence-electron chi connectivity index (χ4n) is 2.72. The molecule has 0 bridgehead atoms. The number of aromatic nitrogens is 1. The summed E-state index contributed by atoms with van der Waals surface area (Å²) in [4.78, 5) is 10.5. The van der Waals surface area contributed by atoms with E-state index in [-0.39, 0.29) is 12.2 Å². The lowest BCUT2D eigenvalue weighted by Crippen LogP contribution is -1.91. The van der Waals surface area contributed by atoms with E-state index in [9.17, 15) is 15.4 Å². The lowest BCUT2D eigenvalue weighted by Gasteiger charge is -1.99. The number of nitriles is 2. The molecule has 0 N–H and O–H groups in total. The molecule has 0 saturated heterocycles. The molecule has 0 unspecified atom stereocenters. The van der Waals surface area contributed by atoms with Crippen molar-refractivity contribution in [3.05, 3.63) is 76.0 Å². The predicted octanol–water partition coefficient (Wildman–Crippen LogP) is 4.14. The van der Waals surface area contributed by atoms with Crippen molar-refractivity contribution in [3.8, 4) is 12.1 Å². The highest BCUT2D eigenvalue weighted by molar-refractivity contribution is 5.98. The number of nitro groups is 1. The van der Waals surface area contributed by atoms with Crippen LogP contribution in [0.5, 0.6) is 0 Å². The van der Waals surface area contributed by atoms with E-state index in [1.54, 1.807) is 18.2 Å². The van der Waals surface area contributed by atoms with Gasteiger partial charge in [0.1, 0.15) is 6.54 Å². The molecule has 0 aliphatic carbocycles. The number of fused-ring (bicyclic) bond motifs is 1. The van der Waals surface area contributed by atoms with E-state index in [1.165, 1.54) is 12.1 Å². The van der Waals surface area contributed by atoms with E-state index in [0.29, 0.717) is 11.1 Å². The summed E-state index contributed by atoms with van der Waals surface area (Å²) < 4.78 is 1.81. The van der Waals surface area contributed by atoms with Crippen molar-refractivity contribution in [2.45, 2.75) is 6.54 Å². The molecule has 3 aromatic rings. The first kappa shape index (κ1) is 16.0. The van der Waals surface area contributed by atoms with Gasteiger partial charge in [-0.05, 0) is 17.7 Å². The molecule has 6 heteroatoms. The van der Waals surface area contributed by atoms with E-state index < -0.39 is 4.92 Å². The highest BCUT2D eigenvalue weighted by Gasteiger charge is 2.11. The minimum Gasteiger partial charge on any atom is -0.333 e. The Labute approximate surface area is 143 Å². The third-order valence-corrected chi connectivity index (χ3v) is 3.85. The summed E-state index contributed by atoms with van der Waals surface area (Å²) in [7, 11) is 0. The van der Waals surface area contributed by atoms with Gasteiger partial charge in [-0.2, -0.15) is 10.5 Å². The van der Waals surface area contributed by atoms with Gasteiger partial charge in [-0.3, -0.25) is 10.1 Å². The summed E-state index contributed by atoms with van der Waals surface area (Å²) in [5.41, 5.74) is 2.42. The van der Waals surface area contributed by atoms with E-state index in [2.05, 4.69) is 12.1 Å². The zero-order valence-electron chi connectivity index (χ0n) is 13.1. The van der Waals surface area contributed by atoms with Crippen molar-refractivity contribution in [1.82, 2.24) is 4.57 Å². The maximum absolute atomic E-state index is 10.9. The van der Waals surface area contributed by atoms with Crippen molar-refractivity contribution in [3.63, 3.8) is 0 Å². The number of nitrogens with zero attached hydrogens (tertiary/aromatic N) is 4. The second kappa shape index (κ2) is 6.69. The van der Waals surface area contributed by atoms with E-state index in [4.69, 9.17) is 5.26 Å². The lowest BCUT2D eigenvalue weighted by molar-refractivity contribution is -0.384. The Kier molecular flexibility index (Phi) is 4.28. The fraction of sp³-hybridized carbons (Fsp3) is 0.0526. The Hall–Kier alpha value is -3.90. The zero-order chi connectivity index (χ0) is 17.8. The summed E-state index contributed by atoms with van der Waals surface area (Å²) in [6.45, 7) is 0.201. The summed E-state index contributed by atoms with van der Waals surface area (Å²) in [5.74, 6) is 0. The van der Waals surface area contributed by atoms with E-state index >= 15 is 0 Å². The van der Waals surface area contributed by atoms with E-state index in [0.717, 1.165) is 16.5 Å². The largest absolute Gasteiger partial charge is 0.333 e. The lowest BCUT2D eigenvalue weighted by atomic mass is 10.0. The number of rotatable bonds is 4. The second-order valence-corrected chi connectivity index (χ2v) is 5.36. The van der Waals surface area contributed by atoms with Crippen LogP contribution in [-0.2, 0) is 6.54 Å². The smallest absolute Gasteiger partial charge is 0.270 e. The second-order valence-electron chi connectivity index (χ2n) is 5.36. The maximum Gasteiger partial charge on any atom is 0.270 e. The minimum absolute atomic E-state index is 0.0643. The summed E-state index contributed by atoms with van der Waals surface area (Å²) in [6.07, 6.45) is 3.50. The van der Waals surface area contributed by atoms with Crippen LogP contribution >= 0.6 is 0 Å². The molecule has 25 heavy (non-hydrogen) atoms. The van der Waals surface area contributed by atoms with Crippen molar-refractivity contribution in [2.24, 2.45) is 0 Å². The van der Waals surface area contributed by atoms with Crippen LogP contribution in [-0.4, -0.2) is 9.49 Å². The monoisotopic (exact) mass is 328 g/mol. The van der Waals surface area contributed by atoms with Gasteiger partial charge in [-0.15, -0.1) is 0 Å². The minimum atomic E-state index is -0.489. The molecule has 0 radical (unpaired) electrons. The Bertz CT molecular complexity index is 1080. The van der Waals surface area contributed by atoms with Crippen molar-refractivity contribution in [1.29, 1.82) is 10.5 Å². The Morgan fingerprint density at radius 3 is 2.72 bits per heavy atom. The van der Waals surface area contributed by atoms with Gasteiger partial charge in [-0.25, -0.2) is 0 Å². The summed E-state index contributed by atoms with van der Waals surface area (Å²) >= 11 is 0. The van der Waals surface area contributed by atoms with Crippen LogP contribution in [0.3, 0.4) is 0 Å². The topological polar surface area (TPSA) is 95.7 Å². The fourth-order valence-corrected chi connectivity index (χ4v) is 2.72. The van der Waals surface area contributed by atoms with Gasteiger partial charge < -0.3 is 4.57 Å². The highest BCUT2D eigenvalue weighted by atomic mass is 16.6. The highest BCUT2D eigenvalue weighted by Crippen LogP contribution is 2.27. The molecule has 1 aromatic heterocycles. The first-order valence-corrected chi connectivity index (χ1v) is 7.45. The zero-order valence-corrected chi connectivity index (χ0v) is 13.1. The van der Waals surface area contributed by atoms with Crippen LogP contribution in [0, 0.1) is 32.8 Å². The molecular formula is C19H12N4O2. The van der Waals surface area contributed by atoms with Crippen LogP contribution in [0.1, 0.15) is 11.1 Å².